The number of hydrogen-bond acceptors (Lipinski definition) is 4. The summed E-state index contributed by atoms with van der Waals surface area (Å²) in [5.74, 6) is 0.705. The highest BCUT2D eigenvalue weighted by Gasteiger charge is 2.42. The van der Waals surface area contributed by atoms with Crippen molar-refractivity contribution in [3.8, 4) is 0 Å². The molecule has 1 saturated carbocycles. The van der Waals surface area contributed by atoms with Gasteiger partial charge < -0.3 is 10.6 Å². The molecule has 0 bridgehead atoms. The Morgan fingerprint density at radius 1 is 1.07 bits per heavy atom. The average molecular weight is 400 g/mol. The van der Waals surface area contributed by atoms with E-state index >= 15 is 0 Å². The van der Waals surface area contributed by atoms with Gasteiger partial charge in [0.2, 0.25) is 0 Å². The Morgan fingerprint density at radius 3 is 2.54 bits per heavy atom. The summed E-state index contributed by atoms with van der Waals surface area (Å²) in [4.78, 5) is 14.9. The molecule has 2 aromatic carbocycles. The molecule has 2 fully saturated rings. The molecule has 1 saturated heterocycles. The predicted molar refractivity (Wildman–Crippen MR) is 109 cm³/mol. The van der Waals surface area contributed by atoms with E-state index in [2.05, 4.69) is 0 Å². The van der Waals surface area contributed by atoms with Crippen LogP contribution >= 0.6 is 0 Å². The highest BCUT2D eigenvalue weighted by Crippen LogP contribution is 2.37. The van der Waals surface area contributed by atoms with Crippen molar-refractivity contribution in [1.82, 2.24) is 4.90 Å². The molecule has 3 unspecified atom stereocenters. The van der Waals surface area contributed by atoms with Crippen molar-refractivity contribution in [2.24, 2.45) is 17.6 Å². The Morgan fingerprint density at radius 2 is 1.82 bits per heavy atom. The molecule has 0 radical (unpaired) electrons. The van der Waals surface area contributed by atoms with E-state index in [9.17, 15) is 13.2 Å². The molecule has 1 aliphatic heterocycles. The van der Waals surface area contributed by atoms with E-state index in [0.29, 0.717) is 36.2 Å². The molecule has 3 atom stereocenters. The van der Waals surface area contributed by atoms with Crippen LogP contribution in [-0.2, 0) is 10.0 Å². The van der Waals surface area contributed by atoms with Crippen molar-refractivity contribution in [3.63, 3.8) is 0 Å². The molecular formula is C21H25N3O3S. The number of nitrogens with zero attached hydrogens (tertiary/aromatic N) is 2. The lowest BCUT2D eigenvalue weighted by Gasteiger charge is -2.21. The number of para-hydroxylation sites is 1. The third kappa shape index (κ3) is 3.29. The van der Waals surface area contributed by atoms with Crippen molar-refractivity contribution in [3.05, 3.63) is 60.2 Å². The molecule has 6 nitrogen and oxygen atoms in total. The van der Waals surface area contributed by atoms with Crippen LogP contribution in [-0.4, -0.2) is 45.4 Å². The molecule has 1 heterocycles. The number of carbonyl (C=O) groups is 1. The van der Waals surface area contributed by atoms with Gasteiger partial charge in [-0.05, 0) is 55.0 Å². The van der Waals surface area contributed by atoms with Gasteiger partial charge >= 0.3 is 0 Å². The Balaban J connectivity index is 1.57. The van der Waals surface area contributed by atoms with Gasteiger partial charge in [-0.25, -0.2) is 8.42 Å². The summed E-state index contributed by atoms with van der Waals surface area (Å²) in [6.07, 6.45) is 2.09. The van der Waals surface area contributed by atoms with Crippen LogP contribution in [0.3, 0.4) is 0 Å². The maximum absolute atomic E-state index is 13.0. The predicted octanol–water partition coefficient (Wildman–Crippen LogP) is 2.32. The zero-order valence-electron chi connectivity index (χ0n) is 15.9. The molecule has 0 spiro atoms. The lowest BCUT2D eigenvalue weighted by atomic mass is 9.98. The fraction of sp³-hybridized carbons (Fsp3) is 0.381. The largest absolute Gasteiger partial charge is 0.338 e. The second kappa shape index (κ2) is 7.22. The third-order valence-corrected chi connectivity index (χ3v) is 7.84. The normalized spacial score (nSPS) is 24.2. The van der Waals surface area contributed by atoms with Crippen LogP contribution in [0.1, 0.15) is 23.2 Å². The first-order chi connectivity index (χ1) is 13.4. The monoisotopic (exact) mass is 399 g/mol. The van der Waals surface area contributed by atoms with Crippen LogP contribution in [0.4, 0.5) is 5.69 Å². The Hall–Kier alpha value is -2.38. The Bertz CT molecular complexity index is 977. The number of benzene rings is 2. The van der Waals surface area contributed by atoms with E-state index in [0.717, 1.165) is 12.8 Å². The number of rotatable bonds is 4. The maximum Gasteiger partial charge on any atom is 0.264 e. The Labute approximate surface area is 166 Å². The maximum atomic E-state index is 13.0. The van der Waals surface area contributed by atoms with E-state index in [1.165, 1.54) is 23.5 Å². The zero-order valence-corrected chi connectivity index (χ0v) is 16.7. The van der Waals surface area contributed by atoms with Crippen LogP contribution < -0.4 is 10.0 Å². The fourth-order valence-electron chi connectivity index (χ4n) is 4.38. The summed E-state index contributed by atoms with van der Waals surface area (Å²) < 4.78 is 27.3. The zero-order chi connectivity index (χ0) is 19.9. The highest BCUT2D eigenvalue weighted by molar-refractivity contribution is 7.92. The molecular weight excluding hydrogens is 374 g/mol. The summed E-state index contributed by atoms with van der Waals surface area (Å²) >= 11 is 0. The number of hydrogen-bond donors (Lipinski definition) is 1. The van der Waals surface area contributed by atoms with Crippen molar-refractivity contribution < 1.29 is 13.2 Å². The van der Waals surface area contributed by atoms with Gasteiger partial charge in [-0.15, -0.1) is 0 Å². The fourth-order valence-corrected chi connectivity index (χ4v) is 5.62. The van der Waals surface area contributed by atoms with Crippen LogP contribution in [0.2, 0.25) is 0 Å². The summed E-state index contributed by atoms with van der Waals surface area (Å²) in [6, 6.07) is 15.4. The Kier molecular flexibility index (Phi) is 4.89. The molecule has 7 heteroatoms. The van der Waals surface area contributed by atoms with Crippen molar-refractivity contribution in [2.75, 3.05) is 24.4 Å². The van der Waals surface area contributed by atoms with Crippen LogP contribution in [0.25, 0.3) is 0 Å². The average Bonchev–Trinajstić information content (AvgIpc) is 3.29. The van der Waals surface area contributed by atoms with Crippen molar-refractivity contribution >= 4 is 21.6 Å². The molecule has 1 amide bonds. The highest BCUT2D eigenvalue weighted by atomic mass is 32.2. The van der Waals surface area contributed by atoms with E-state index in [-0.39, 0.29) is 16.8 Å². The number of fused-ring (bicyclic) bond motifs is 1. The van der Waals surface area contributed by atoms with Crippen molar-refractivity contribution in [2.45, 2.75) is 23.8 Å². The van der Waals surface area contributed by atoms with Crippen LogP contribution in [0, 0.1) is 11.8 Å². The first-order valence-electron chi connectivity index (χ1n) is 9.57. The number of anilines is 1. The van der Waals surface area contributed by atoms with Gasteiger partial charge in [0.25, 0.3) is 15.9 Å². The van der Waals surface area contributed by atoms with E-state index in [4.69, 9.17) is 5.73 Å². The smallest absolute Gasteiger partial charge is 0.264 e. The number of carbonyl (C=O) groups excluding carboxylic acids is 1. The first-order valence-corrected chi connectivity index (χ1v) is 11.0. The van der Waals surface area contributed by atoms with Gasteiger partial charge in [-0.3, -0.25) is 9.10 Å². The lowest BCUT2D eigenvalue weighted by molar-refractivity contribution is 0.0779. The minimum absolute atomic E-state index is 0.112. The molecule has 28 heavy (non-hydrogen) atoms. The van der Waals surface area contributed by atoms with E-state index < -0.39 is 10.0 Å². The standard InChI is InChI=1S/C21H25N3O3S/c1-23(17-7-3-2-4-8-17)28(26,27)18-9-5-6-15(12-18)21(25)24-13-16-10-11-20(22)19(16)14-24/h2-9,12,16,19-20H,10-11,13-14,22H2,1H3. The van der Waals surface area contributed by atoms with Gasteiger partial charge in [-0.2, -0.15) is 0 Å². The van der Waals surface area contributed by atoms with Gasteiger partial charge in [-0.1, -0.05) is 24.3 Å². The van der Waals surface area contributed by atoms with Crippen molar-refractivity contribution in [1.29, 1.82) is 0 Å². The molecule has 148 valence electrons. The van der Waals surface area contributed by atoms with E-state index in [1.807, 2.05) is 11.0 Å². The molecule has 0 aromatic heterocycles. The summed E-state index contributed by atoms with van der Waals surface area (Å²) in [5, 5.41) is 0. The summed E-state index contributed by atoms with van der Waals surface area (Å²) in [7, 11) is -2.24. The topological polar surface area (TPSA) is 83.7 Å². The van der Waals surface area contributed by atoms with E-state index in [1.54, 1.807) is 36.4 Å². The van der Waals surface area contributed by atoms with Crippen LogP contribution in [0.15, 0.2) is 59.5 Å². The second-order valence-corrected chi connectivity index (χ2v) is 9.68. The lowest BCUT2D eigenvalue weighted by Crippen LogP contribution is -2.33. The van der Waals surface area contributed by atoms with Crippen LogP contribution in [0.5, 0.6) is 0 Å². The third-order valence-electron chi connectivity index (χ3n) is 6.06. The van der Waals surface area contributed by atoms with Gasteiger partial charge in [0, 0.05) is 31.7 Å². The molecule has 2 aromatic rings. The minimum atomic E-state index is -3.75. The van der Waals surface area contributed by atoms with Gasteiger partial charge in [0.1, 0.15) is 0 Å². The quantitative estimate of drug-likeness (QED) is 0.855. The minimum Gasteiger partial charge on any atom is -0.338 e. The molecule has 2 N–H and O–H groups in total. The second-order valence-electron chi connectivity index (χ2n) is 7.71. The summed E-state index contributed by atoms with van der Waals surface area (Å²) in [5.41, 5.74) is 7.14. The number of sulfonamides is 1. The summed E-state index contributed by atoms with van der Waals surface area (Å²) in [6.45, 7) is 1.36. The molecule has 1 aliphatic carbocycles. The SMILES string of the molecule is CN(c1ccccc1)S(=O)(=O)c1cccc(C(=O)N2CC3CCC(N)C3C2)c1. The molecule has 4 rings (SSSR count). The first kappa shape index (κ1) is 19.0. The number of nitrogens with two attached hydrogens (primary N) is 1. The molecule has 2 aliphatic rings. The number of likely N-dealkylation sites (tertiary alicyclic amines) is 1. The van der Waals surface area contributed by atoms with Gasteiger partial charge in [0.05, 0.1) is 10.6 Å². The van der Waals surface area contributed by atoms with Gasteiger partial charge in [0.15, 0.2) is 0 Å². The number of amides is 1.